The molecule has 0 aliphatic carbocycles. The van der Waals surface area contributed by atoms with E-state index >= 15 is 0 Å². The van der Waals surface area contributed by atoms with Crippen molar-refractivity contribution in [2.75, 3.05) is 0 Å². The highest BCUT2D eigenvalue weighted by Crippen LogP contribution is 2.21. The topological polar surface area (TPSA) is 26.0 Å². The SMILES string of the molecule is CCCCCCCCCCCCCCCC(C)c1cnco1. The highest BCUT2D eigenvalue weighted by atomic mass is 16.3. The van der Waals surface area contributed by atoms with Crippen molar-refractivity contribution in [3.05, 3.63) is 18.4 Å². The smallest absolute Gasteiger partial charge is 0.180 e. The van der Waals surface area contributed by atoms with Crippen molar-refractivity contribution in [1.29, 1.82) is 0 Å². The van der Waals surface area contributed by atoms with E-state index in [1.807, 2.05) is 6.20 Å². The molecule has 0 bridgehead atoms. The molecule has 2 heteroatoms. The lowest BCUT2D eigenvalue weighted by atomic mass is 10.00. The van der Waals surface area contributed by atoms with Crippen LogP contribution in [0.1, 0.15) is 115 Å². The molecular weight excluding hydrogens is 270 g/mol. The number of aromatic nitrogens is 1. The number of oxazole rings is 1. The van der Waals surface area contributed by atoms with Gasteiger partial charge in [-0.3, -0.25) is 0 Å². The van der Waals surface area contributed by atoms with Gasteiger partial charge >= 0.3 is 0 Å². The zero-order chi connectivity index (χ0) is 15.9. The molecule has 0 aliphatic rings. The average Bonchev–Trinajstić information content (AvgIpc) is 3.06. The van der Waals surface area contributed by atoms with Gasteiger partial charge in [-0.15, -0.1) is 0 Å². The molecule has 0 amide bonds. The molecule has 1 unspecified atom stereocenters. The normalized spacial score (nSPS) is 12.6. The molecule has 0 N–H and O–H groups in total. The Bertz CT molecular complexity index is 320. The molecule has 0 saturated heterocycles. The summed E-state index contributed by atoms with van der Waals surface area (Å²) in [5.74, 6) is 1.56. The summed E-state index contributed by atoms with van der Waals surface area (Å²) >= 11 is 0. The summed E-state index contributed by atoms with van der Waals surface area (Å²) in [6, 6.07) is 0. The van der Waals surface area contributed by atoms with Crippen LogP contribution >= 0.6 is 0 Å². The van der Waals surface area contributed by atoms with Gasteiger partial charge in [0.1, 0.15) is 5.76 Å². The molecule has 2 nitrogen and oxygen atoms in total. The van der Waals surface area contributed by atoms with E-state index in [1.165, 1.54) is 96.3 Å². The summed E-state index contributed by atoms with van der Waals surface area (Å²) in [6.45, 7) is 4.52. The minimum Gasteiger partial charge on any atom is -0.448 e. The fourth-order valence-electron chi connectivity index (χ4n) is 3.08. The molecule has 0 fully saturated rings. The van der Waals surface area contributed by atoms with Crippen LogP contribution in [0.5, 0.6) is 0 Å². The lowest BCUT2D eigenvalue weighted by molar-refractivity contribution is 0.445. The fraction of sp³-hybridized carbons (Fsp3) is 0.850. The van der Waals surface area contributed by atoms with Gasteiger partial charge in [0.2, 0.25) is 0 Å². The maximum absolute atomic E-state index is 5.35. The van der Waals surface area contributed by atoms with E-state index in [1.54, 1.807) is 0 Å². The van der Waals surface area contributed by atoms with Crippen molar-refractivity contribution in [3.63, 3.8) is 0 Å². The minimum atomic E-state index is 0.523. The minimum absolute atomic E-state index is 0.523. The fourth-order valence-corrected chi connectivity index (χ4v) is 3.08. The molecule has 1 rings (SSSR count). The lowest BCUT2D eigenvalue weighted by Gasteiger charge is -2.07. The molecule has 1 atom stereocenters. The van der Waals surface area contributed by atoms with Crippen LogP contribution in [0, 0.1) is 0 Å². The van der Waals surface area contributed by atoms with Crippen LogP contribution in [0.15, 0.2) is 17.0 Å². The Labute approximate surface area is 138 Å². The van der Waals surface area contributed by atoms with Gasteiger partial charge in [0, 0.05) is 5.92 Å². The predicted octanol–water partition coefficient (Wildman–Crippen LogP) is 7.26. The first-order chi connectivity index (χ1) is 10.8. The largest absolute Gasteiger partial charge is 0.448 e. The molecule has 0 aromatic carbocycles. The second kappa shape index (κ2) is 13.8. The molecular formula is C20H37NO. The van der Waals surface area contributed by atoms with E-state index in [4.69, 9.17) is 4.42 Å². The molecule has 1 aromatic heterocycles. The third-order valence-electron chi connectivity index (χ3n) is 4.68. The van der Waals surface area contributed by atoms with Crippen molar-refractivity contribution in [2.24, 2.45) is 0 Å². The Balaban J connectivity index is 1.76. The van der Waals surface area contributed by atoms with Crippen LogP contribution in [0.2, 0.25) is 0 Å². The van der Waals surface area contributed by atoms with E-state index in [9.17, 15) is 0 Å². The molecule has 0 radical (unpaired) electrons. The van der Waals surface area contributed by atoms with Gasteiger partial charge in [0.05, 0.1) is 6.20 Å². The van der Waals surface area contributed by atoms with E-state index in [0.717, 1.165) is 5.76 Å². The zero-order valence-corrected chi connectivity index (χ0v) is 15.0. The summed E-state index contributed by atoms with van der Waals surface area (Å²) in [6.07, 6.45) is 23.1. The molecule has 0 aliphatic heterocycles. The highest BCUT2D eigenvalue weighted by Gasteiger charge is 2.07. The van der Waals surface area contributed by atoms with Crippen molar-refractivity contribution < 1.29 is 4.42 Å². The standard InChI is InChI=1S/C20H37NO/c1-3-4-5-6-7-8-9-10-11-12-13-14-15-16-19(2)20-17-21-18-22-20/h17-19H,3-16H2,1-2H3. The Kier molecular flexibility index (Phi) is 12.1. The number of unbranched alkanes of at least 4 members (excludes halogenated alkanes) is 12. The van der Waals surface area contributed by atoms with Crippen LogP contribution in [0.4, 0.5) is 0 Å². The molecule has 128 valence electrons. The first-order valence-corrected chi connectivity index (χ1v) is 9.73. The van der Waals surface area contributed by atoms with Crippen LogP contribution in [0.3, 0.4) is 0 Å². The number of rotatable bonds is 15. The number of hydrogen-bond donors (Lipinski definition) is 0. The van der Waals surface area contributed by atoms with Gasteiger partial charge in [-0.1, -0.05) is 97.3 Å². The van der Waals surface area contributed by atoms with E-state index < -0.39 is 0 Å². The molecule has 0 saturated carbocycles. The summed E-state index contributed by atoms with van der Waals surface area (Å²) in [4.78, 5) is 3.99. The Hall–Kier alpha value is -0.790. The maximum atomic E-state index is 5.35. The second-order valence-electron chi connectivity index (χ2n) is 6.84. The molecule has 0 spiro atoms. The second-order valence-corrected chi connectivity index (χ2v) is 6.84. The maximum Gasteiger partial charge on any atom is 0.180 e. The predicted molar refractivity (Wildman–Crippen MR) is 95.2 cm³/mol. The van der Waals surface area contributed by atoms with E-state index in [-0.39, 0.29) is 0 Å². The summed E-state index contributed by atoms with van der Waals surface area (Å²) < 4.78 is 5.35. The van der Waals surface area contributed by atoms with E-state index in [2.05, 4.69) is 18.8 Å². The summed E-state index contributed by atoms with van der Waals surface area (Å²) in [5.41, 5.74) is 0. The lowest BCUT2D eigenvalue weighted by Crippen LogP contribution is -1.91. The van der Waals surface area contributed by atoms with Gasteiger partial charge < -0.3 is 4.42 Å². The van der Waals surface area contributed by atoms with Gasteiger partial charge in [0.15, 0.2) is 6.39 Å². The van der Waals surface area contributed by atoms with Crippen LogP contribution in [-0.4, -0.2) is 4.98 Å². The summed E-state index contributed by atoms with van der Waals surface area (Å²) in [7, 11) is 0. The number of nitrogens with zero attached hydrogens (tertiary/aromatic N) is 1. The van der Waals surface area contributed by atoms with Gasteiger partial charge in [-0.05, 0) is 6.42 Å². The van der Waals surface area contributed by atoms with Crippen LogP contribution < -0.4 is 0 Å². The number of hydrogen-bond acceptors (Lipinski definition) is 2. The monoisotopic (exact) mass is 307 g/mol. The molecule has 22 heavy (non-hydrogen) atoms. The van der Waals surface area contributed by atoms with Crippen LogP contribution in [0.25, 0.3) is 0 Å². The Morgan fingerprint density at radius 3 is 1.77 bits per heavy atom. The molecule has 1 heterocycles. The van der Waals surface area contributed by atoms with Crippen molar-refractivity contribution in [3.8, 4) is 0 Å². The molecule has 1 aromatic rings. The van der Waals surface area contributed by atoms with E-state index in [0.29, 0.717) is 5.92 Å². The van der Waals surface area contributed by atoms with Gasteiger partial charge in [0.25, 0.3) is 0 Å². The zero-order valence-electron chi connectivity index (χ0n) is 15.0. The third-order valence-corrected chi connectivity index (χ3v) is 4.68. The Morgan fingerprint density at radius 1 is 0.818 bits per heavy atom. The quantitative estimate of drug-likeness (QED) is 0.319. The van der Waals surface area contributed by atoms with Gasteiger partial charge in [-0.25, -0.2) is 4.98 Å². The summed E-state index contributed by atoms with van der Waals surface area (Å²) in [5, 5.41) is 0. The van der Waals surface area contributed by atoms with Crippen molar-refractivity contribution in [2.45, 2.75) is 110 Å². The average molecular weight is 308 g/mol. The first kappa shape index (κ1) is 19.3. The van der Waals surface area contributed by atoms with Gasteiger partial charge in [-0.2, -0.15) is 0 Å². The highest BCUT2D eigenvalue weighted by molar-refractivity contribution is 4.96. The Morgan fingerprint density at radius 2 is 1.32 bits per heavy atom. The van der Waals surface area contributed by atoms with Crippen LogP contribution in [-0.2, 0) is 0 Å². The first-order valence-electron chi connectivity index (χ1n) is 9.73. The van der Waals surface area contributed by atoms with Crippen molar-refractivity contribution >= 4 is 0 Å². The van der Waals surface area contributed by atoms with Crippen molar-refractivity contribution in [1.82, 2.24) is 4.98 Å². The third kappa shape index (κ3) is 10.0.